The van der Waals surface area contributed by atoms with Crippen LogP contribution in [-0.4, -0.2) is 63.7 Å². The van der Waals surface area contributed by atoms with E-state index < -0.39 is 5.60 Å². The molecule has 0 aliphatic carbocycles. The lowest BCUT2D eigenvalue weighted by atomic mass is 9.89. The molecule has 3 rings (SSSR count). The molecule has 0 bridgehead atoms. The van der Waals surface area contributed by atoms with Gasteiger partial charge in [-0.05, 0) is 77.9 Å². The number of aryl methyl sites for hydroxylation is 1. The van der Waals surface area contributed by atoms with Gasteiger partial charge in [0.05, 0.1) is 0 Å². The van der Waals surface area contributed by atoms with Crippen LogP contribution in [0.4, 0.5) is 4.79 Å². The van der Waals surface area contributed by atoms with E-state index in [4.69, 9.17) is 4.74 Å². The second-order valence-corrected chi connectivity index (χ2v) is 8.57. The molecule has 1 aromatic rings. The monoisotopic (exact) mass is 360 g/mol. The average Bonchev–Trinajstić information content (AvgIpc) is 2.61. The van der Waals surface area contributed by atoms with Crippen LogP contribution < -0.4 is 0 Å². The van der Waals surface area contributed by atoms with E-state index in [0.29, 0.717) is 12.0 Å². The van der Waals surface area contributed by atoms with E-state index in [9.17, 15) is 4.79 Å². The van der Waals surface area contributed by atoms with Gasteiger partial charge in [0.2, 0.25) is 0 Å². The predicted octanol–water partition coefficient (Wildman–Crippen LogP) is 3.36. The second kappa shape index (κ2) is 7.91. The zero-order valence-corrected chi connectivity index (χ0v) is 16.6. The van der Waals surface area contributed by atoms with Crippen molar-refractivity contribution in [1.29, 1.82) is 0 Å². The quantitative estimate of drug-likeness (QED) is 0.809. The van der Waals surface area contributed by atoms with Gasteiger partial charge in [0, 0.05) is 31.5 Å². The molecule has 1 aromatic heterocycles. The number of aromatic nitrogens is 2. The van der Waals surface area contributed by atoms with E-state index in [1.54, 1.807) is 0 Å². The fraction of sp³-hybridized carbons (Fsp3) is 0.750. The van der Waals surface area contributed by atoms with Crippen LogP contribution in [0.1, 0.15) is 63.8 Å². The minimum Gasteiger partial charge on any atom is -0.444 e. The molecule has 1 amide bonds. The maximum absolute atomic E-state index is 12.2. The lowest BCUT2D eigenvalue weighted by Gasteiger charge is -2.41. The molecule has 2 aliphatic rings. The van der Waals surface area contributed by atoms with Gasteiger partial charge in [-0.3, -0.25) is 0 Å². The average molecular weight is 361 g/mol. The van der Waals surface area contributed by atoms with Crippen LogP contribution in [0.5, 0.6) is 0 Å². The summed E-state index contributed by atoms with van der Waals surface area (Å²) >= 11 is 0. The Morgan fingerprint density at radius 1 is 1.04 bits per heavy atom. The molecule has 0 saturated carbocycles. The first-order valence-electron chi connectivity index (χ1n) is 9.82. The molecule has 0 radical (unpaired) electrons. The Hall–Kier alpha value is -1.69. The molecule has 2 aliphatic heterocycles. The minimum atomic E-state index is -0.421. The highest BCUT2D eigenvalue weighted by Crippen LogP contribution is 2.30. The number of carbonyl (C=O) groups excluding carboxylic acids is 1. The van der Waals surface area contributed by atoms with Gasteiger partial charge in [-0.25, -0.2) is 14.8 Å². The third-order valence-corrected chi connectivity index (χ3v) is 5.43. The summed E-state index contributed by atoms with van der Waals surface area (Å²) < 4.78 is 5.49. The lowest BCUT2D eigenvalue weighted by molar-refractivity contribution is 0.0127. The van der Waals surface area contributed by atoms with Gasteiger partial charge in [0.1, 0.15) is 11.4 Å². The van der Waals surface area contributed by atoms with Crippen LogP contribution in [-0.2, 0) is 4.74 Å². The molecule has 3 heterocycles. The van der Waals surface area contributed by atoms with Gasteiger partial charge in [0.25, 0.3) is 0 Å². The normalized spacial score (nSPS) is 21.0. The van der Waals surface area contributed by atoms with Gasteiger partial charge < -0.3 is 14.5 Å². The Bertz CT molecular complexity index is 595. The van der Waals surface area contributed by atoms with Crippen LogP contribution in [0.25, 0.3) is 0 Å². The molecule has 2 saturated heterocycles. The van der Waals surface area contributed by atoms with Crippen molar-refractivity contribution in [2.45, 2.75) is 70.9 Å². The Labute approximate surface area is 156 Å². The first kappa shape index (κ1) is 19.1. The molecule has 26 heavy (non-hydrogen) atoms. The fourth-order valence-electron chi connectivity index (χ4n) is 3.95. The van der Waals surface area contributed by atoms with Gasteiger partial charge in [-0.1, -0.05) is 0 Å². The molecule has 6 nitrogen and oxygen atoms in total. The number of rotatable bonds is 2. The third-order valence-electron chi connectivity index (χ3n) is 5.43. The van der Waals surface area contributed by atoms with Crippen molar-refractivity contribution in [2.24, 2.45) is 0 Å². The zero-order valence-electron chi connectivity index (χ0n) is 16.6. The molecule has 0 unspecified atom stereocenters. The molecule has 0 spiro atoms. The number of amides is 1. The summed E-state index contributed by atoms with van der Waals surface area (Å²) in [6.45, 7) is 11.5. The summed E-state index contributed by atoms with van der Waals surface area (Å²) in [6, 6.07) is 0.587. The van der Waals surface area contributed by atoms with Crippen molar-refractivity contribution in [2.75, 3.05) is 26.2 Å². The molecular formula is C20H32N4O2. The number of likely N-dealkylation sites (tertiary alicyclic amines) is 2. The van der Waals surface area contributed by atoms with E-state index >= 15 is 0 Å². The number of hydrogen-bond acceptors (Lipinski definition) is 5. The molecule has 0 atom stereocenters. The van der Waals surface area contributed by atoms with Crippen LogP contribution in [0.2, 0.25) is 0 Å². The van der Waals surface area contributed by atoms with Crippen LogP contribution >= 0.6 is 0 Å². The van der Waals surface area contributed by atoms with Gasteiger partial charge in [-0.15, -0.1) is 0 Å². The molecule has 0 aromatic carbocycles. The second-order valence-electron chi connectivity index (χ2n) is 8.57. The maximum Gasteiger partial charge on any atom is 0.410 e. The van der Waals surface area contributed by atoms with Crippen molar-refractivity contribution < 1.29 is 9.53 Å². The minimum absolute atomic E-state index is 0.172. The maximum atomic E-state index is 12.2. The summed E-state index contributed by atoms with van der Waals surface area (Å²) in [5.41, 5.74) is 0.852. The lowest BCUT2D eigenvalue weighted by Crippen LogP contribution is -2.49. The Morgan fingerprint density at radius 3 is 2.15 bits per heavy atom. The van der Waals surface area contributed by atoms with Crippen molar-refractivity contribution in [3.63, 3.8) is 0 Å². The topological polar surface area (TPSA) is 58.6 Å². The highest BCUT2D eigenvalue weighted by molar-refractivity contribution is 5.68. The zero-order chi connectivity index (χ0) is 18.7. The SMILES string of the molecule is Cc1ncc(C2CCN(C3CCN(C(=O)OC(C)(C)C)CC3)CC2)cn1. The summed E-state index contributed by atoms with van der Waals surface area (Å²) in [5.74, 6) is 1.41. The van der Waals surface area contributed by atoms with Crippen molar-refractivity contribution in [1.82, 2.24) is 19.8 Å². The van der Waals surface area contributed by atoms with E-state index in [0.717, 1.165) is 44.8 Å². The van der Waals surface area contributed by atoms with Gasteiger partial charge >= 0.3 is 6.09 Å². The van der Waals surface area contributed by atoms with Crippen LogP contribution in [0.15, 0.2) is 12.4 Å². The van der Waals surface area contributed by atoms with Gasteiger partial charge in [-0.2, -0.15) is 0 Å². The van der Waals surface area contributed by atoms with E-state index in [1.807, 2.05) is 45.0 Å². The number of nitrogens with zero attached hydrogens (tertiary/aromatic N) is 4. The standard InChI is InChI=1S/C20H32N4O2/c1-15-21-13-17(14-22-15)16-5-9-23(10-6-16)18-7-11-24(12-8-18)19(25)26-20(2,3)4/h13-14,16,18H,5-12H2,1-4H3. The summed E-state index contributed by atoms with van der Waals surface area (Å²) in [4.78, 5) is 25.3. The first-order chi connectivity index (χ1) is 12.3. The Balaban J connectivity index is 1.45. The molecule has 2 fully saturated rings. The van der Waals surface area contributed by atoms with Crippen molar-refractivity contribution in [3.05, 3.63) is 23.8 Å². The smallest absolute Gasteiger partial charge is 0.410 e. The molecule has 144 valence electrons. The van der Waals surface area contributed by atoms with Crippen molar-refractivity contribution in [3.8, 4) is 0 Å². The number of piperidine rings is 2. The third kappa shape index (κ3) is 4.93. The van der Waals surface area contributed by atoms with Crippen LogP contribution in [0.3, 0.4) is 0 Å². The van der Waals surface area contributed by atoms with Gasteiger partial charge in [0.15, 0.2) is 0 Å². The Morgan fingerprint density at radius 2 is 1.62 bits per heavy atom. The fourth-order valence-corrected chi connectivity index (χ4v) is 3.95. The highest BCUT2D eigenvalue weighted by Gasteiger charge is 2.31. The van der Waals surface area contributed by atoms with E-state index in [2.05, 4.69) is 14.9 Å². The molecular weight excluding hydrogens is 328 g/mol. The number of ether oxygens (including phenoxy) is 1. The van der Waals surface area contributed by atoms with Crippen molar-refractivity contribution >= 4 is 6.09 Å². The highest BCUT2D eigenvalue weighted by atomic mass is 16.6. The number of carbonyl (C=O) groups is 1. The van der Waals surface area contributed by atoms with E-state index in [-0.39, 0.29) is 6.09 Å². The first-order valence-corrected chi connectivity index (χ1v) is 9.82. The molecule has 0 N–H and O–H groups in total. The summed E-state index contributed by atoms with van der Waals surface area (Å²) in [6.07, 6.45) is 8.21. The van der Waals surface area contributed by atoms with E-state index in [1.165, 1.54) is 18.4 Å². The number of hydrogen-bond donors (Lipinski definition) is 0. The Kier molecular flexibility index (Phi) is 5.80. The van der Waals surface area contributed by atoms with Crippen LogP contribution in [0, 0.1) is 6.92 Å². The molecule has 6 heteroatoms. The predicted molar refractivity (Wildman–Crippen MR) is 101 cm³/mol. The summed E-state index contributed by atoms with van der Waals surface area (Å²) in [7, 11) is 0. The summed E-state index contributed by atoms with van der Waals surface area (Å²) in [5, 5.41) is 0. The largest absolute Gasteiger partial charge is 0.444 e.